The van der Waals surface area contributed by atoms with Crippen LogP contribution in [0.3, 0.4) is 0 Å². The molecular formula is C14H30O6. The van der Waals surface area contributed by atoms with Crippen LogP contribution in [0.1, 0.15) is 12.8 Å². The summed E-state index contributed by atoms with van der Waals surface area (Å²) in [6.07, 6.45) is 2.07. The molecule has 0 aliphatic rings. The third-order valence-corrected chi connectivity index (χ3v) is 2.43. The largest absolute Gasteiger partial charge is 0.385 e. The van der Waals surface area contributed by atoms with E-state index < -0.39 is 0 Å². The maximum atomic E-state index is 5.41. The van der Waals surface area contributed by atoms with E-state index in [1.807, 2.05) is 0 Å². The van der Waals surface area contributed by atoms with Crippen molar-refractivity contribution in [2.75, 3.05) is 80.3 Å². The van der Waals surface area contributed by atoms with Gasteiger partial charge in [0.2, 0.25) is 0 Å². The molecule has 6 nitrogen and oxygen atoms in total. The second kappa shape index (κ2) is 18.8. The van der Waals surface area contributed by atoms with Crippen molar-refractivity contribution < 1.29 is 28.4 Å². The molecule has 0 bridgehead atoms. The Kier molecular flexibility index (Phi) is 18.5. The molecule has 0 amide bonds. The highest BCUT2D eigenvalue weighted by atomic mass is 16.6. The lowest BCUT2D eigenvalue weighted by molar-refractivity contribution is -0.00823. The van der Waals surface area contributed by atoms with Gasteiger partial charge in [0.25, 0.3) is 0 Å². The molecular weight excluding hydrogens is 264 g/mol. The first kappa shape index (κ1) is 19.8. The Balaban J connectivity index is 2.89. The summed E-state index contributed by atoms with van der Waals surface area (Å²) < 4.78 is 31.2. The Morgan fingerprint density at radius 3 is 1.20 bits per heavy atom. The SMILES string of the molecule is COCCCCOCCOCCOCCOCCOC. The minimum absolute atomic E-state index is 0.585. The Morgan fingerprint density at radius 2 is 0.750 bits per heavy atom. The van der Waals surface area contributed by atoms with E-state index in [-0.39, 0.29) is 0 Å². The van der Waals surface area contributed by atoms with Gasteiger partial charge in [-0.05, 0) is 12.8 Å². The van der Waals surface area contributed by atoms with Gasteiger partial charge < -0.3 is 28.4 Å². The zero-order valence-electron chi connectivity index (χ0n) is 12.9. The van der Waals surface area contributed by atoms with Crippen LogP contribution in [0, 0.1) is 0 Å². The number of methoxy groups -OCH3 is 2. The summed E-state index contributed by atoms with van der Waals surface area (Å²) in [7, 11) is 3.36. The Bertz CT molecular complexity index is 150. The summed E-state index contributed by atoms with van der Waals surface area (Å²) in [5.74, 6) is 0. The zero-order valence-corrected chi connectivity index (χ0v) is 12.9. The zero-order chi connectivity index (χ0) is 14.7. The predicted molar refractivity (Wildman–Crippen MR) is 76.3 cm³/mol. The van der Waals surface area contributed by atoms with Crippen molar-refractivity contribution in [1.29, 1.82) is 0 Å². The van der Waals surface area contributed by atoms with Crippen molar-refractivity contribution >= 4 is 0 Å². The fourth-order valence-electron chi connectivity index (χ4n) is 1.35. The van der Waals surface area contributed by atoms with Gasteiger partial charge in [-0.25, -0.2) is 0 Å². The van der Waals surface area contributed by atoms with Crippen LogP contribution in [0.5, 0.6) is 0 Å². The molecule has 0 N–H and O–H groups in total. The standard InChI is InChI=1S/C14H30O6/c1-15-5-3-4-6-17-9-10-19-13-14-20-12-11-18-8-7-16-2/h3-14H2,1-2H3. The van der Waals surface area contributed by atoms with Gasteiger partial charge in [-0.2, -0.15) is 0 Å². The first-order chi connectivity index (χ1) is 9.91. The quantitative estimate of drug-likeness (QED) is 0.375. The van der Waals surface area contributed by atoms with Gasteiger partial charge in [0.15, 0.2) is 0 Å². The second-order valence-corrected chi connectivity index (χ2v) is 4.14. The smallest absolute Gasteiger partial charge is 0.0701 e. The monoisotopic (exact) mass is 294 g/mol. The van der Waals surface area contributed by atoms with Gasteiger partial charge in [0.1, 0.15) is 0 Å². The molecule has 0 saturated carbocycles. The molecule has 0 saturated heterocycles. The molecule has 20 heavy (non-hydrogen) atoms. The van der Waals surface area contributed by atoms with E-state index in [2.05, 4.69) is 0 Å². The van der Waals surface area contributed by atoms with Gasteiger partial charge in [-0.1, -0.05) is 0 Å². The maximum absolute atomic E-state index is 5.41. The van der Waals surface area contributed by atoms with Crippen molar-refractivity contribution in [3.8, 4) is 0 Å². The third kappa shape index (κ3) is 17.8. The molecule has 0 aliphatic carbocycles. The normalized spacial score (nSPS) is 11.1. The lowest BCUT2D eigenvalue weighted by Crippen LogP contribution is -2.13. The van der Waals surface area contributed by atoms with E-state index >= 15 is 0 Å². The molecule has 0 heterocycles. The fraction of sp³-hybridized carbons (Fsp3) is 1.00. The van der Waals surface area contributed by atoms with Crippen LogP contribution in [-0.2, 0) is 28.4 Å². The molecule has 0 fully saturated rings. The van der Waals surface area contributed by atoms with Crippen molar-refractivity contribution in [3.05, 3.63) is 0 Å². The number of ether oxygens (including phenoxy) is 6. The van der Waals surface area contributed by atoms with Gasteiger partial charge in [-0.3, -0.25) is 0 Å². The topological polar surface area (TPSA) is 55.4 Å². The number of unbranched alkanes of at least 4 members (excludes halogenated alkanes) is 1. The lowest BCUT2D eigenvalue weighted by atomic mass is 10.3. The predicted octanol–water partition coefficient (Wildman–Crippen LogP) is 1.13. The molecule has 0 spiro atoms. The van der Waals surface area contributed by atoms with E-state index in [9.17, 15) is 0 Å². The molecule has 0 aromatic rings. The van der Waals surface area contributed by atoms with E-state index in [0.29, 0.717) is 52.9 Å². The van der Waals surface area contributed by atoms with Crippen molar-refractivity contribution in [3.63, 3.8) is 0 Å². The highest BCUT2D eigenvalue weighted by Gasteiger charge is 1.93. The number of hydrogen-bond donors (Lipinski definition) is 0. The van der Waals surface area contributed by atoms with Gasteiger partial charge in [0, 0.05) is 27.4 Å². The summed E-state index contributed by atoms with van der Waals surface area (Å²) in [6, 6.07) is 0. The second-order valence-electron chi connectivity index (χ2n) is 4.14. The van der Waals surface area contributed by atoms with Crippen molar-refractivity contribution in [2.24, 2.45) is 0 Å². The molecule has 0 radical (unpaired) electrons. The number of hydrogen-bond acceptors (Lipinski definition) is 6. The summed E-state index contributed by atoms with van der Waals surface area (Å²) in [5, 5.41) is 0. The molecule has 0 rings (SSSR count). The molecule has 0 unspecified atom stereocenters. The Hall–Kier alpha value is -0.240. The average Bonchev–Trinajstić information content (AvgIpc) is 2.47. The van der Waals surface area contributed by atoms with Crippen LogP contribution in [0.25, 0.3) is 0 Å². The Morgan fingerprint density at radius 1 is 0.400 bits per heavy atom. The van der Waals surface area contributed by atoms with Crippen LogP contribution >= 0.6 is 0 Å². The molecule has 0 atom stereocenters. The summed E-state index contributed by atoms with van der Waals surface area (Å²) in [5.41, 5.74) is 0. The molecule has 0 aliphatic heterocycles. The number of rotatable bonds is 17. The lowest BCUT2D eigenvalue weighted by Gasteiger charge is -2.07. The maximum Gasteiger partial charge on any atom is 0.0701 e. The highest BCUT2D eigenvalue weighted by molar-refractivity contribution is 4.38. The first-order valence-corrected chi connectivity index (χ1v) is 7.20. The first-order valence-electron chi connectivity index (χ1n) is 7.20. The highest BCUT2D eigenvalue weighted by Crippen LogP contribution is 1.90. The van der Waals surface area contributed by atoms with Crippen LogP contribution in [0.2, 0.25) is 0 Å². The van der Waals surface area contributed by atoms with E-state index in [1.54, 1.807) is 14.2 Å². The summed E-state index contributed by atoms with van der Waals surface area (Å²) in [4.78, 5) is 0. The average molecular weight is 294 g/mol. The van der Waals surface area contributed by atoms with Crippen LogP contribution in [0.4, 0.5) is 0 Å². The van der Waals surface area contributed by atoms with Crippen molar-refractivity contribution in [2.45, 2.75) is 12.8 Å². The minimum Gasteiger partial charge on any atom is -0.385 e. The minimum atomic E-state index is 0.585. The van der Waals surface area contributed by atoms with E-state index in [1.165, 1.54) is 0 Å². The van der Waals surface area contributed by atoms with Gasteiger partial charge in [-0.15, -0.1) is 0 Å². The summed E-state index contributed by atoms with van der Waals surface area (Å²) >= 11 is 0. The van der Waals surface area contributed by atoms with Crippen LogP contribution in [0.15, 0.2) is 0 Å². The molecule has 0 aromatic carbocycles. The van der Waals surface area contributed by atoms with Crippen molar-refractivity contribution in [1.82, 2.24) is 0 Å². The van der Waals surface area contributed by atoms with Gasteiger partial charge >= 0.3 is 0 Å². The Labute approximate surface area is 122 Å². The third-order valence-electron chi connectivity index (χ3n) is 2.43. The molecule has 6 heteroatoms. The van der Waals surface area contributed by atoms with E-state index in [4.69, 9.17) is 28.4 Å². The van der Waals surface area contributed by atoms with Crippen LogP contribution in [-0.4, -0.2) is 80.3 Å². The summed E-state index contributed by atoms with van der Waals surface area (Å²) in [6.45, 7) is 6.38. The molecule has 122 valence electrons. The van der Waals surface area contributed by atoms with Gasteiger partial charge in [0.05, 0.1) is 52.9 Å². The fourth-order valence-corrected chi connectivity index (χ4v) is 1.35. The van der Waals surface area contributed by atoms with Crippen LogP contribution < -0.4 is 0 Å². The van der Waals surface area contributed by atoms with E-state index in [0.717, 1.165) is 26.1 Å². The molecule has 0 aromatic heterocycles.